The van der Waals surface area contributed by atoms with Gasteiger partial charge in [0.15, 0.2) is 0 Å². The summed E-state index contributed by atoms with van der Waals surface area (Å²) in [6.45, 7) is 3.80. The molecule has 0 spiro atoms. The Bertz CT molecular complexity index is 321. The van der Waals surface area contributed by atoms with Gasteiger partial charge in [-0.15, -0.1) is 0 Å². The van der Waals surface area contributed by atoms with Gasteiger partial charge in [-0.2, -0.15) is 0 Å². The second-order valence-electron chi connectivity index (χ2n) is 7.08. The lowest BCUT2D eigenvalue weighted by Gasteiger charge is -2.32. The molecule has 4 heteroatoms. The van der Waals surface area contributed by atoms with Crippen molar-refractivity contribution in [3.63, 3.8) is 0 Å². The lowest BCUT2D eigenvalue weighted by atomic mass is 9.83. The van der Waals surface area contributed by atoms with Gasteiger partial charge in [-0.25, -0.2) is 4.79 Å². The lowest BCUT2D eigenvalue weighted by molar-refractivity contribution is 0.0523. The zero-order chi connectivity index (χ0) is 14.0. The molecule has 0 saturated heterocycles. The average Bonchev–Trinajstić information content (AvgIpc) is 3.10. The Morgan fingerprint density at radius 3 is 2.53 bits per heavy atom. The molecule has 2 saturated carbocycles. The molecular weight excluding hydrogens is 240 g/mol. The standard InChI is InChI=1S/C15H28N2O2/c1-15(2,19)10-17(3)14(18)16-13-6-4-5-12(9-13)11-7-8-11/h11-13,19H,4-10H2,1-3H3,(H,16,18). The molecule has 4 nitrogen and oxygen atoms in total. The molecule has 110 valence electrons. The quantitative estimate of drug-likeness (QED) is 0.822. The van der Waals surface area contributed by atoms with E-state index in [1.165, 1.54) is 25.7 Å². The summed E-state index contributed by atoms with van der Waals surface area (Å²) in [6, 6.07) is 0.277. The van der Waals surface area contributed by atoms with Crippen LogP contribution in [0, 0.1) is 11.8 Å². The summed E-state index contributed by atoms with van der Waals surface area (Å²) in [4.78, 5) is 13.7. The highest BCUT2D eigenvalue weighted by Crippen LogP contribution is 2.43. The van der Waals surface area contributed by atoms with Gasteiger partial charge in [-0.1, -0.05) is 12.8 Å². The zero-order valence-electron chi connectivity index (χ0n) is 12.5. The first-order valence-corrected chi connectivity index (χ1v) is 7.59. The zero-order valence-corrected chi connectivity index (χ0v) is 12.5. The highest BCUT2D eigenvalue weighted by atomic mass is 16.3. The molecule has 2 amide bonds. The minimum Gasteiger partial charge on any atom is -0.389 e. The molecule has 2 rings (SSSR count). The maximum Gasteiger partial charge on any atom is 0.317 e. The van der Waals surface area contributed by atoms with Gasteiger partial charge >= 0.3 is 6.03 Å². The molecule has 0 aromatic rings. The molecule has 2 aliphatic carbocycles. The Labute approximate surface area is 116 Å². The number of aliphatic hydroxyl groups is 1. The molecule has 0 heterocycles. The molecule has 2 atom stereocenters. The van der Waals surface area contributed by atoms with Crippen molar-refractivity contribution in [2.75, 3.05) is 13.6 Å². The molecule has 0 bridgehead atoms. The third-order valence-corrected chi connectivity index (χ3v) is 4.30. The van der Waals surface area contributed by atoms with Gasteiger partial charge in [0.2, 0.25) is 0 Å². The molecule has 2 N–H and O–H groups in total. The first-order valence-electron chi connectivity index (χ1n) is 7.59. The van der Waals surface area contributed by atoms with Gasteiger partial charge < -0.3 is 15.3 Å². The molecule has 0 aromatic heterocycles. The summed E-state index contributed by atoms with van der Waals surface area (Å²) in [5.74, 6) is 1.77. The topological polar surface area (TPSA) is 52.6 Å². The van der Waals surface area contributed by atoms with Crippen molar-refractivity contribution < 1.29 is 9.90 Å². The van der Waals surface area contributed by atoms with Crippen molar-refractivity contribution in [1.29, 1.82) is 0 Å². The monoisotopic (exact) mass is 268 g/mol. The molecule has 2 unspecified atom stereocenters. The van der Waals surface area contributed by atoms with Crippen LogP contribution in [0.5, 0.6) is 0 Å². The van der Waals surface area contributed by atoms with Gasteiger partial charge in [-0.05, 0) is 51.4 Å². The number of likely N-dealkylation sites (N-methyl/N-ethyl adjacent to an activating group) is 1. The van der Waals surface area contributed by atoms with Gasteiger partial charge in [0.05, 0.1) is 12.1 Å². The second kappa shape index (κ2) is 5.70. The van der Waals surface area contributed by atoms with Crippen LogP contribution in [-0.4, -0.2) is 41.3 Å². The van der Waals surface area contributed by atoms with E-state index in [0.29, 0.717) is 12.6 Å². The summed E-state index contributed by atoms with van der Waals surface area (Å²) in [7, 11) is 1.74. The van der Waals surface area contributed by atoms with Crippen LogP contribution < -0.4 is 5.32 Å². The first kappa shape index (κ1) is 14.6. The summed E-state index contributed by atoms with van der Waals surface area (Å²) in [6.07, 6.45) is 7.61. The van der Waals surface area contributed by atoms with Crippen molar-refractivity contribution in [3.05, 3.63) is 0 Å². The van der Waals surface area contributed by atoms with E-state index in [4.69, 9.17) is 0 Å². The van der Waals surface area contributed by atoms with Crippen LogP contribution in [0.3, 0.4) is 0 Å². The maximum absolute atomic E-state index is 12.1. The summed E-state index contributed by atoms with van der Waals surface area (Å²) < 4.78 is 0. The number of rotatable bonds is 4. The number of urea groups is 1. The molecule has 0 radical (unpaired) electrons. The third kappa shape index (κ3) is 4.68. The molecule has 0 aliphatic heterocycles. The van der Waals surface area contributed by atoms with Crippen molar-refractivity contribution in [1.82, 2.24) is 10.2 Å². The predicted octanol–water partition coefficient (Wildman–Crippen LogP) is 2.37. The second-order valence-corrected chi connectivity index (χ2v) is 7.08. The van der Waals surface area contributed by atoms with Crippen LogP contribution in [0.4, 0.5) is 4.79 Å². The Morgan fingerprint density at radius 2 is 1.95 bits per heavy atom. The highest BCUT2D eigenvalue weighted by Gasteiger charge is 2.35. The first-order chi connectivity index (χ1) is 8.85. The lowest BCUT2D eigenvalue weighted by Crippen LogP contribution is -2.48. The van der Waals surface area contributed by atoms with Gasteiger partial charge in [0, 0.05) is 13.1 Å². The fourth-order valence-corrected chi connectivity index (χ4v) is 3.29. The Morgan fingerprint density at radius 1 is 1.26 bits per heavy atom. The van der Waals surface area contributed by atoms with E-state index in [2.05, 4.69) is 5.32 Å². The highest BCUT2D eigenvalue weighted by molar-refractivity contribution is 5.74. The number of nitrogens with one attached hydrogen (secondary N) is 1. The molecule has 19 heavy (non-hydrogen) atoms. The van der Waals surface area contributed by atoms with E-state index in [-0.39, 0.29) is 6.03 Å². The van der Waals surface area contributed by atoms with Crippen LogP contribution >= 0.6 is 0 Å². The molecule has 0 aromatic carbocycles. The van der Waals surface area contributed by atoms with Crippen LogP contribution in [0.25, 0.3) is 0 Å². The minimum absolute atomic E-state index is 0.0522. The summed E-state index contributed by atoms with van der Waals surface area (Å²) in [5.41, 5.74) is -0.838. The summed E-state index contributed by atoms with van der Waals surface area (Å²) >= 11 is 0. The van der Waals surface area contributed by atoms with E-state index >= 15 is 0 Å². The van der Waals surface area contributed by atoms with Crippen molar-refractivity contribution in [2.24, 2.45) is 11.8 Å². The number of carbonyl (C=O) groups excluding carboxylic acids is 1. The SMILES string of the molecule is CN(CC(C)(C)O)C(=O)NC1CCCC(C2CC2)C1. The fourth-order valence-electron chi connectivity index (χ4n) is 3.29. The Balaban J connectivity index is 1.77. The Kier molecular flexibility index (Phi) is 4.39. The van der Waals surface area contributed by atoms with E-state index < -0.39 is 5.60 Å². The van der Waals surface area contributed by atoms with Gasteiger partial charge in [-0.3, -0.25) is 0 Å². The molecule has 2 aliphatic rings. The van der Waals surface area contributed by atoms with Crippen molar-refractivity contribution >= 4 is 6.03 Å². The van der Waals surface area contributed by atoms with E-state index in [1.807, 2.05) is 0 Å². The summed E-state index contributed by atoms with van der Waals surface area (Å²) in [5, 5.41) is 12.9. The molecular formula is C15H28N2O2. The number of hydrogen-bond acceptors (Lipinski definition) is 2. The van der Waals surface area contributed by atoms with Gasteiger partial charge in [0.1, 0.15) is 0 Å². The average molecular weight is 268 g/mol. The normalized spacial score (nSPS) is 28.0. The third-order valence-electron chi connectivity index (χ3n) is 4.30. The van der Waals surface area contributed by atoms with E-state index in [1.54, 1.807) is 25.8 Å². The number of nitrogens with zero attached hydrogens (tertiary/aromatic N) is 1. The number of hydrogen-bond donors (Lipinski definition) is 2. The van der Waals surface area contributed by atoms with Crippen molar-refractivity contribution in [3.8, 4) is 0 Å². The maximum atomic E-state index is 12.1. The van der Waals surface area contributed by atoms with Gasteiger partial charge in [0.25, 0.3) is 0 Å². The van der Waals surface area contributed by atoms with Crippen LogP contribution in [0.15, 0.2) is 0 Å². The van der Waals surface area contributed by atoms with E-state index in [0.717, 1.165) is 24.7 Å². The number of carbonyl (C=O) groups is 1. The predicted molar refractivity (Wildman–Crippen MR) is 75.9 cm³/mol. The fraction of sp³-hybridized carbons (Fsp3) is 0.933. The Hall–Kier alpha value is -0.770. The smallest absolute Gasteiger partial charge is 0.317 e. The minimum atomic E-state index is -0.838. The van der Waals surface area contributed by atoms with Crippen LogP contribution in [-0.2, 0) is 0 Å². The van der Waals surface area contributed by atoms with Crippen LogP contribution in [0.1, 0.15) is 52.4 Å². The molecule has 2 fully saturated rings. The van der Waals surface area contributed by atoms with E-state index in [9.17, 15) is 9.90 Å². The number of amides is 2. The van der Waals surface area contributed by atoms with Crippen LogP contribution in [0.2, 0.25) is 0 Å². The largest absolute Gasteiger partial charge is 0.389 e. The van der Waals surface area contributed by atoms with Crippen molar-refractivity contribution in [2.45, 2.75) is 64.0 Å².